The monoisotopic (exact) mass is 412 g/mol. The van der Waals surface area contributed by atoms with Crippen molar-refractivity contribution in [2.75, 3.05) is 31.6 Å². The van der Waals surface area contributed by atoms with Crippen molar-refractivity contribution < 1.29 is 19.4 Å². The van der Waals surface area contributed by atoms with Gasteiger partial charge in [-0.1, -0.05) is 18.2 Å². The number of aliphatic carboxylic acids is 1. The molecule has 1 fully saturated rings. The number of carbonyl (C=O) groups is 1. The molecule has 2 aromatic carbocycles. The fraction of sp³-hybridized carbons (Fsp3) is 0.458. The third-order valence-corrected chi connectivity index (χ3v) is 5.39. The molecule has 1 heterocycles. The van der Waals surface area contributed by atoms with Crippen LogP contribution in [-0.2, 0) is 11.3 Å². The highest BCUT2D eigenvalue weighted by Crippen LogP contribution is 2.27. The summed E-state index contributed by atoms with van der Waals surface area (Å²) in [4.78, 5) is 15.9. The molecule has 0 atom stereocenters. The van der Waals surface area contributed by atoms with Crippen LogP contribution >= 0.6 is 0 Å². The third-order valence-electron chi connectivity index (χ3n) is 5.39. The number of hydrogen-bond donors (Lipinski definition) is 1. The Kier molecular flexibility index (Phi) is 7.57. The predicted molar refractivity (Wildman–Crippen MR) is 118 cm³/mol. The minimum absolute atomic E-state index is 0.0408. The number of benzene rings is 2. The molecule has 1 aliphatic rings. The Morgan fingerprint density at radius 2 is 1.83 bits per heavy atom. The lowest BCUT2D eigenvalue weighted by Crippen LogP contribution is -2.46. The van der Waals surface area contributed by atoms with E-state index in [4.69, 9.17) is 9.47 Å². The van der Waals surface area contributed by atoms with Gasteiger partial charge in [-0.15, -0.1) is 0 Å². The highest BCUT2D eigenvalue weighted by molar-refractivity contribution is 5.69. The van der Waals surface area contributed by atoms with Crippen molar-refractivity contribution >= 4 is 11.7 Å². The molecule has 0 bridgehead atoms. The van der Waals surface area contributed by atoms with Crippen LogP contribution in [-0.4, -0.2) is 54.9 Å². The summed E-state index contributed by atoms with van der Waals surface area (Å²) in [5.74, 6) is 0.885. The first-order valence-electron chi connectivity index (χ1n) is 10.5. The molecular formula is C24H32N2O4. The molecule has 0 spiro atoms. The molecule has 0 aromatic heterocycles. The Balaban J connectivity index is 1.66. The van der Waals surface area contributed by atoms with Crippen LogP contribution in [0.15, 0.2) is 48.5 Å². The van der Waals surface area contributed by atoms with Crippen LogP contribution in [0.3, 0.4) is 0 Å². The maximum Gasteiger partial charge on any atom is 0.317 e. The molecule has 0 aliphatic carbocycles. The number of rotatable bonds is 9. The van der Waals surface area contributed by atoms with Gasteiger partial charge >= 0.3 is 5.97 Å². The second-order valence-electron chi connectivity index (χ2n) is 8.03. The van der Waals surface area contributed by atoms with Gasteiger partial charge in [0.05, 0.1) is 19.8 Å². The maximum absolute atomic E-state index is 11.5. The molecule has 0 radical (unpaired) electrons. The summed E-state index contributed by atoms with van der Waals surface area (Å²) in [7, 11) is 1.68. The van der Waals surface area contributed by atoms with Crippen molar-refractivity contribution in [1.82, 2.24) is 4.90 Å². The van der Waals surface area contributed by atoms with Crippen molar-refractivity contribution in [3.05, 3.63) is 54.1 Å². The van der Waals surface area contributed by atoms with Crippen molar-refractivity contribution in [3.8, 4) is 11.5 Å². The number of anilines is 1. The number of piperidine rings is 1. The molecule has 6 nitrogen and oxygen atoms in total. The van der Waals surface area contributed by atoms with Gasteiger partial charge < -0.3 is 19.5 Å². The van der Waals surface area contributed by atoms with E-state index in [2.05, 4.69) is 21.9 Å². The normalized spacial score (nSPS) is 14.9. The van der Waals surface area contributed by atoms with Crippen LogP contribution in [0, 0.1) is 0 Å². The maximum atomic E-state index is 11.5. The number of nitrogens with zero attached hydrogens (tertiary/aromatic N) is 2. The largest absolute Gasteiger partial charge is 0.497 e. The molecule has 3 rings (SSSR count). The number of carboxylic acids is 1. The molecule has 0 amide bonds. The first-order valence-corrected chi connectivity index (χ1v) is 10.5. The van der Waals surface area contributed by atoms with E-state index in [1.165, 1.54) is 0 Å². The van der Waals surface area contributed by atoms with Gasteiger partial charge in [0.1, 0.15) is 11.5 Å². The van der Waals surface area contributed by atoms with Crippen LogP contribution in [0.2, 0.25) is 0 Å². The topological polar surface area (TPSA) is 62.2 Å². The van der Waals surface area contributed by atoms with Crippen molar-refractivity contribution in [1.29, 1.82) is 0 Å². The number of hydrogen-bond acceptors (Lipinski definition) is 5. The Morgan fingerprint density at radius 3 is 2.50 bits per heavy atom. The zero-order valence-corrected chi connectivity index (χ0v) is 18.1. The van der Waals surface area contributed by atoms with Crippen molar-refractivity contribution in [3.63, 3.8) is 0 Å². The van der Waals surface area contributed by atoms with Crippen LogP contribution in [0.25, 0.3) is 0 Å². The van der Waals surface area contributed by atoms with Crippen LogP contribution < -0.4 is 14.4 Å². The van der Waals surface area contributed by atoms with Crippen LogP contribution in [0.4, 0.5) is 5.69 Å². The molecule has 0 unspecified atom stereocenters. The lowest BCUT2D eigenvalue weighted by Gasteiger charge is -2.39. The lowest BCUT2D eigenvalue weighted by atomic mass is 10.0. The Hall–Kier alpha value is -2.73. The molecule has 162 valence electrons. The van der Waals surface area contributed by atoms with E-state index < -0.39 is 5.97 Å². The molecule has 1 N–H and O–H groups in total. The number of methoxy groups -OCH3 is 1. The molecule has 1 saturated heterocycles. The number of carboxylic acid groups (broad SMARTS) is 1. The Morgan fingerprint density at radius 1 is 1.13 bits per heavy atom. The lowest BCUT2D eigenvalue weighted by molar-refractivity contribution is -0.139. The average molecular weight is 413 g/mol. The average Bonchev–Trinajstić information content (AvgIpc) is 2.73. The van der Waals surface area contributed by atoms with Gasteiger partial charge in [0.2, 0.25) is 0 Å². The fourth-order valence-corrected chi connectivity index (χ4v) is 4.01. The van der Waals surface area contributed by atoms with E-state index in [1.807, 2.05) is 50.2 Å². The van der Waals surface area contributed by atoms with Gasteiger partial charge in [-0.3, -0.25) is 9.69 Å². The zero-order chi connectivity index (χ0) is 21.5. The Labute approximate surface area is 179 Å². The highest BCUT2D eigenvalue weighted by Gasteiger charge is 2.26. The van der Waals surface area contributed by atoms with E-state index in [1.54, 1.807) is 7.11 Å². The quantitative estimate of drug-likeness (QED) is 0.671. The Bertz CT molecular complexity index is 831. The van der Waals surface area contributed by atoms with E-state index in [-0.39, 0.29) is 18.7 Å². The second-order valence-corrected chi connectivity index (χ2v) is 8.03. The first-order chi connectivity index (χ1) is 14.4. The summed E-state index contributed by atoms with van der Waals surface area (Å²) in [5.41, 5.74) is 2.22. The van der Waals surface area contributed by atoms with Gasteiger partial charge in [-0.05, 0) is 56.5 Å². The van der Waals surface area contributed by atoms with Gasteiger partial charge in [0.15, 0.2) is 0 Å². The summed E-state index contributed by atoms with van der Waals surface area (Å²) < 4.78 is 11.1. The third kappa shape index (κ3) is 6.13. The van der Waals surface area contributed by atoms with E-state index in [9.17, 15) is 9.90 Å². The van der Waals surface area contributed by atoms with E-state index in [0.717, 1.165) is 48.7 Å². The molecule has 2 aromatic rings. The number of ether oxygens (including phenoxy) is 2. The second kappa shape index (κ2) is 10.3. The SMILES string of the molecule is COc1cccc(N2CCC(N(CC(=O)O)Cc3cccc(OC(C)C)c3)CC2)c1. The van der Waals surface area contributed by atoms with Crippen molar-refractivity contribution in [2.45, 2.75) is 45.4 Å². The summed E-state index contributed by atoms with van der Waals surface area (Å²) in [5, 5.41) is 9.46. The van der Waals surface area contributed by atoms with Gasteiger partial charge in [0.25, 0.3) is 0 Å². The molecular weight excluding hydrogens is 380 g/mol. The van der Waals surface area contributed by atoms with E-state index in [0.29, 0.717) is 6.54 Å². The van der Waals surface area contributed by atoms with Gasteiger partial charge in [0, 0.05) is 37.4 Å². The molecule has 30 heavy (non-hydrogen) atoms. The summed E-state index contributed by atoms with van der Waals surface area (Å²) in [6.45, 7) is 6.43. The highest BCUT2D eigenvalue weighted by atomic mass is 16.5. The predicted octanol–water partition coefficient (Wildman–Crippen LogP) is 4.04. The minimum atomic E-state index is -0.792. The smallest absolute Gasteiger partial charge is 0.317 e. The molecule has 6 heteroatoms. The van der Waals surface area contributed by atoms with Gasteiger partial charge in [-0.25, -0.2) is 0 Å². The van der Waals surface area contributed by atoms with Gasteiger partial charge in [-0.2, -0.15) is 0 Å². The first kappa shape index (κ1) is 22.0. The molecule has 0 saturated carbocycles. The van der Waals surface area contributed by atoms with Crippen LogP contribution in [0.1, 0.15) is 32.3 Å². The summed E-state index contributed by atoms with van der Waals surface area (Å²) in [6.07, 6.45) is 1.95. The summed E-state index contributed by atoms with van der Waals surface area (Å²) in [6, 6.07) is 16.3. The van der Waals surface area contributed by atoms with E-state index >= 15 is 0 Å². The summed E-state index contributed by atoms with van der Waals surface area (Å²) >= 11 is 0. The zero-order valence-electron chi connectivity index (χ0n) is 18.1. The van der Waals surface area contributed by atoms with Crippen LogP contribution in [0.5, 0.6) is 11.5 Å². The van der Waals surface area contributed by atoms with Crippen molar-refractivity contribution in [2.24, 2.45) is 0 Å². The minimum Gasteiger partial charge on any atom is -0.497 e. The molecule has 1 aliphatic heterocycles. The standard InChI is InChI=1S/C24H32N2O4/c1-18(2)30-23-9-4-6-19(14-23)16-26(17-24(27)28)20-10-12-25(13-11-20)21-7-5-8-22(15-21)29-3/h4-9,14-15,18,20H,10-13,16-17H2,1-3H3,(H,27,28). The fourth-order valence-electron chi connectivity index (χ4n) is 4.01.